The number of piperidine rings is 1. The predicted molar refractivity (Wildman–Crippen MR) is 73.7 cm³/mol. The van der Waals surface area contributed by atoms with Gasteiger partial charge in [0.15, 0.2) is 0 Å². The van der Waals surface area contributed by atoms with Crippen LogP contribution in [-0.4, -0.2) is 25.3 Å². The summed E-state index contributed by atoms with van der Waals surface area (Å²) in [5, 5.41) is 8.81. The summed E-state index contributed by atoms with van der Waals surface area (Å²) in [5.41, 5.74) is 0.865. The molecule has 5 nitrogen and oxygen atoms in total. The summed E-state index contributed by atoms with van der Waals surface area (Å²) >= 11 is 0. The Hall–Kier alpha value is -1.58. The SMILES string of the molecule is CC1CCCCN1S(=O)(=O)Nc1cccc(C#N)c1. The average molecular weight is 279 g/mol. The van der Waals surface area contributed by atoms with Crippen LogP contribution < -0.4 is 4.72 Å². The number of nitriles is 1. The molecule has 0 aromatic heterocycles. The van der Waals surface area contributed by atoms with Gasteiger partial charge in [0.1, 0.15) is 0 Å². The third-order valence-electron chi connectivity index (χ3n) is 3.29. The van der Waals surface area contributed by atoms with Gasteiger partial charge < -0.3 is 0 Å². The molecular weight excluding hydrogens is 262 g/mol. The summed E-state index contributed by atoms with van der Waals surface area (Å²) in [5.74, 6) is 0. The highest BCUT2D eigenvalue weighted by Gasteiger charge is 2.29. The first-order valence-electron chi connectivity index (χ1n) is 6.33. The summed E-state index contributed by atoms with van der Waals surface area (Å²) < 4.78 is 28.6. The fourth-order valence-electron chi connectivity index (χ4n) is 2.29. The molecule has 1 aromatic rings. The molecule has 2 rings (SSSR count). The van der Waals surface area contributed by atoms with E-state index >= 15 is 0 Å². The van der Waals surface area contributed by atoms with E-state index in [0.717, 1.165) is 19.3 Å². The van der Waals surface area contributed by atoms with E-state index in [2.05, 4.69) is 4.72 Å². The van der Waals surface area contributed by atoms with Crippen LogP contribution in [0.4, 0.5) is 5.69 Å². The molecule has 1 unspecified atom stereocenters. The highest BCUT2D eigenvalue weighted by atomic mass is 32.2. The van der Waals surface area contributed by atoms with E-state index in [9.17, 15) is 8.42 Å². The largest absolute Gasteiger partial charge is 0.301 e. The van der Waals surface area contributed by atoms with Crippen molar-refractivity contribution in [1.82, 2.24) is 4.31 Å². The van der Waals surface area contributed by atoms with Crippen molar-refractivity contribution in [2.75, 3.05) is 11.3 Å². The molecule has 1 saturated heterocycles. The van der Waals surface area contributed by atoms with Crippen LogP contribution in [0.5, 0.6) is 0 Å². The molecule has 0 saturated carbocycles. The quantitative estimate of drug-likeness (QED) is 0.920. The molecule has 1 aliphatic rings. The molecule has 1 heterocycles. The summed E-state index contributed by atoms with van der Waals surface area (Å²) in [6.45, 7) is 2.47. The van der Waals surface area contributed by atoms with Gasteiger partial charge in [-0.05, 0) is 38.0 Å². The lowest BCUT2D eigenvalue weighted by atomic mass is 10.1. The minimum Gasteiger partial charge on any atom is -0.271 e. The number of benzene rings is 1. The van der Waals surface area contributed by atoms with Gasteiger partial charge in [0.25, 0.3) is 0 Å². The Balaban J connectivity index is 2.18. The molecule has 0 amide bonds. The summed E-state index contributed by atoms with van der Waals surface area (Å²) in [6, 6.07) is 8.49. The number of anilines is 1. The van der Waals surface area contributed by atoms with Gasteiger partial charge in [0.2, 0.25) is 0 Å². The van der Waals surface area contributed by atoms with Gasteiger partial charge >= 0.3 is 10.2 Å². The van der Waals surface area contributed by atoms with E-state index in [-0.39, 0.29) is 6.04 Å². The second-order valence-electron chi connectivity index (χ2n) is 4.76. The first kappa shape index (κ1) is 13.8. The van der Waals surface area contributed by atoms with E-state index in [1.165, 1.54) is 10.4 Å². The van der Waals surface area contributed by atoms with E-state index < -0.39 is 10.2 Å². The Morgan fingerprint density at radius 1 is 1.42 bits per heavy atom. The zero-order chi connectivity index (χ0) is 13.9. The van der Waals surface area contributed by atoms with Crippen molar-refractivity contribution in [2.45, 2.75) is 32.2 Å². The monoisotopic (exact) mass is 279 g/mol. The summed E-state index contributed by atoms with van der Waals surface area (Å²) in [6.07, 6.45) is 2.85. The molecule has 1 fully saturated rings. The zero-order valence-electron chi connectivity index (χ0n) is 10.8. The molecule has 0 radical (unpaired) electrons. The van der Waals surface area contributed by atoms with Crippen LogP contribution in [0.25, 0.3) is 0 Å². The molecule has 1 atom stereocenters. The van der Waals surface area contributed by atoms with Gasteiger partial charge in [-0.2, -0.15) is 18.0 Å². The zero-order valence-corrected chi connectivity index (χ0v) is 11.7. The second kappa shape index (κ2) is 5.59. The maximum Gasteiger partial charge on any atom is 0.301 e. The van der Waals surface area contributed by atoms with Gasteiger partial charge in [0, 0.05) is 12.6 Å². The second-order valence-corrected chi connectivity index (χ2v) is 6.38. The first-order chi connectivity index (χ1) is 9.03. The molecule has 6 heteroatoms. The highest BCUT2D eigenvalue weighted by Crippen LogP contribution is 2.21. The summed E-state index contributed by atoms with van der Waals surface area (Å²) in [4.78, 5) is 0. The molecule has 19 heavy (non-hydrogen) atoms. The van der Waals surface area contributed by atoms with Crippen molar-refractivity contribution in [1.29, 1.82) is 5.26 Å². The fraction of sp³-hybridized carbons (Fsp3) is 0.462. The fourth-order valence-corrected chi connectivity index (χ4v) is 3.78. The average Bonchev–Trinajstić information content (AvgIpc) is 2.38. The molecular formula is C13H17N3O2S. The molecule has 1 aromatic carbocycles. The van der Waals surface area contributed by atoms with Crippen LogP contribution in [0.1, 0.15) is 31.7 Å². The standard InChI is InChI=1S/C13H17N3O2S/c1-11-5-2-3-8-16(11)19(17,18)15-13-7-4-6-12(9-13)10-14/h4,6-7,9,11,15H,2-3,5,8H2,1H3. The molecule has 0 aliphatic carbocycles. The number of hydrogen-bond donors (Lipinski definition) is 1. The van der Waals surface area contributed by atoms with Crippen LogP contribution in [0.15, 0.2) is 24.3 Å². The first-order valence-corrected chi connectivity index (χ1v) is 7.77. The summed E-state index contributed by atoms with van der Waals surface area (Å²) in [7, 11) is -3.54. The normalized spacial score (nSPS) is 20.7. The van der Waals surface area contributed by atoms with Crippen molar-refractivity contribution in [3.8, 4) is 6.07 Å². The lowest BCUT2D eigenvalue weighted by Gasteiger charge is -2.32. The van der Waals surface area contributed by atoms with Crippen molar-refractivity contribution in [2.24, 2.45) is 0 Å². The molecule has 1 aliphatic heterocycles. The van der Waals surface area contributed by atoms with E-state index in [0.29, 0.717) is 17.8 Å². The van der Waals surface area contributed by atoms with Crippen LogP contribution in [0.2, 0.25) is 0 Å². The van der Waals surface area contributed by atoms with Gasteiger partial charge in [-0.15, -0.1) is 0 Å². The van der Waals surface area contributed by atoms with Gasteiger partial charge in [-0.1, -0.05) is 12.5 Å². The Kier molecular flexibility index (Phi) is 4.08. The smallest absolute Gasteiger partial charge is 0.271 e. The maximum absolute atomic E-state index is 12.3. The topological polar surface area (TPSA) is 73.2 Å². The minimum absolute atomic E-state index is 0.0189. The van der Waals surface area contributed by atoms with Gasteiger partial charge in [0.05, 0.1) is 17.3 Å². The molecule has 0 bridgehead atoms. The Morgan fingerprint density at radius 3 is 2.89 bits per heavy atom. The lowest BCUT2D eigenvalue weighted by Crippen LogP contribution is -2.44. The molecule has 0 spiro atoms. The van der Waals surface area contributed by atoms with Crippen molar-refractivity contribution in [3.63, 3.8) is 0 Å². The van der Waals surface area contributed by atoms with Crippen LogP contribution in [0, 0.1) is 11.3 Å². The van der Waals surface area contributed by atoms with Crippen molar-refractivity contribution < 1.29 is 8.42 Å². The Labute approximate surface area is 114 Å². The minimum atomic E-state index is -3.54. The number of nitrogens with one attached hydrogen (secondary N) is 1. The Bertz CT molecular complexity index is 592. The maximum atomic E-state index is 12.3. The number of hydrogen-bond acceptors (Lipinski definition) is 3. The van der Waals surface area contributed by atoms with E-state index in [1.807, 2.05) is 13.0 Å². The molecule has 102 valence electrons. The predicted octanol–water partition coefficient (Wildman–Crippen LogP) is 2.09. The third-order valence-corrected chi connectivity index (χ3v) is 4.94. The molecule has 1 N–H and O–H groups in total. The Morgan fingerprint density at radius 2 is 2.21 bits per heavy atom. The van der Waals surface area contributed by atoms with Gasteiger partial charge in [-0.3, -0.25) is 4.72 Å². The van der Waals surface area contributed by atoms with Crippen LogP contribution >= 0.6 is 0 Å². The van der Waals surface area contributed by atoms with Gasteiger partial charge in [-0.25, -0.2) is 0 Å². The van der Waals surface area contributed by atoms with Crippen LogP contribution in [-0.2, 0) is 10.2 Å². The highest BCUT2D eigenvalue weighted by molar-refractivity contribution is 7.90. The van der Waals surface area contributed by atoms with E-state index in [4.69, 9.17) is 5.26 Å². The third kappa shape index (κ3) is 3.25. The number of rotatable bonds is 3. The van der Waals surface area contributed by atoms with Crippen molar-refractivity contribution in [3.05, 3.63) is 29.8 Å². The van der Waals surface area contributed by atoms with Crippen molar-refractivity contribution >= 4 is 15.9 Å². The van der Waals surface area contributed by atoms with E-state index in [1.54, 1.807) is 18.2 Å². The van der Waals surface area contributed by atoms with Crippen LogP contribution in [0.3, 0.4) is 0 Å². The lowest BCUT2D eigenvalue weighted by molar-refractivity contribution is 0.270. The number of nitrogens with zero attached hydrogens (tertiary/aromatic N) is 2.